The number of rotatable bonds is 6. The zero-order valence-electron chi connectivity index (χ0n) is 11.0. The molecule has 0 aliphatic heterocycles. The predicted octanol–water partition coefficient (Wildman–Crippen LogP) is 3.79. The van der Waals surface area contributed by atoms with Crippen LogP contribution in [0.5, 0.6) is 0 Å². The van der Waals surface area contributed by atoms with E-state index in [0.29, 0.717) is 5.88 Å². The Morgan fingerprint density at radius 2 is 2.11 bits per heavy atom. The number of pyridine rings is 1. The average Bonchev–Trinajstić information content (AvgIpc) is 2.90. The van der Waals surface area contributed by atoms with Crippen LogP contribution in [0.3, 0.4) is 0 Å². The summed E-state index contributed by atoms with van der Waals surface area (Å²) in [6.45, 7) is 5.29. The summed E-state index contributed by atoms with van der Waals surface area (Å²) in [5.74, 6) is 1.76. The van der Waals surface area contributed by atoms with Gasteiger partial charge in [0.2, 0.25) is 0 Å². The first kappa shape index (κ1) is 13.2. The van der Waals surface area contributed by atoms with E-state index in [1.807, 2.05) is 24.5 Å². The summed E-state index contributed by atoms with van der Waals surface area (Å²) < 4.78 is 2.06. The van der Waals surface area contributed by atoms with Crippen molar-refractivity contribution in [2.24, 2.45) is 5.41 Å². The van der Waals surface area contributed by atoms with E-state index in [0.717, 1.165) is 30.9 Å². The number of nitrogens with one attached hydrogen (secondary N) is 1. The average molecular weight is 266 g/mol. The predicted molar refractivity (Wildman–Crippen MR) is 77.4 cm³/mol. The van der Waals surface area contributed by atoms with E-state index in [-0.39, 0.29) is 5.41 Å². The van der Waals surface area contributed by atoms with Crippen LogP contribution >= 0.6 is 11.6 Å². The largest absolute Gasteiger partial charge is 0.371 e. The van der Waals surface area contributed by atoms with Crippen LogP contribution in [-0.4, -0.2) is 21.8 Å². The molecular formula is C14H20ClN3. The molecule has 0 unspecified atom stereocenters. The smallest absolute Gasteiger partial charge is 0.138 e. The monoisotopic (exact) mass is 265 g/mol. The summed E-state index contributed by atoms with van der Waals surface area (Å²) in [6, 6.07) is 6.09. The van der Waals surface area contributed by atoms with Gasteiger partial charge in [0.15, 0.2) is 0 Å². The Morgan fingerprint density at radius 3 is 2.78 bits per heavy atom. The van der Waals surface area contributed by atoms with Crippen LogP contribution in [-0.2, 0) is 0 Å². The first-order valence-electron chi connectivity index (χ1n) is 6.46. The molecule has 0 radical (unpaired) electrons. The third-order valence-electron chi connectivity index (χ3n) is 3.86. The van der Waals surface area contributed by atoms with Crippen molar-refractivity contribution >= 4 is 23.1 Å². The number of imidazole rings is 1. The summed E-state index contributed by atoms with van der Waals surface area (Å²) >= 11 is 6.13. The van der Waals surface area contributed by atoms with Gasteiger partial charge in [-0.25, -0.2) is 4.98 Å². The van der Waals surface area contributed by atoms with Crippen LogP contribution in [0.2, 0.25) is 0 Å². The Hall–Kier alpha value is -1.22. The molecule has 0 atom stereocenters. The fourth-order valence-corrected chi connectivity index (χ4v) is 2.58. The standard InChI is InChI=1S/C14H20ClN3/c1-3-14(4-2,10-15)11-17-13-7-5-6-12-16-8-9-18(12)13/h5-9,17H,3-4,10-11H2,1-2H3. The van der Waals surface area contributed by atoms with Crippen LogP contribution in [0, 0.1) is 5.41 Å². The molecule has 0 amide bonds. The molecule has 0 saturated heterocycles. The molecule has 3 nitrogen and oxygen atoms in total. The van der Waals surface area contributed by atoms with E-state index >= 15 is 0 Å². The molecule has 2 rings (SSSR count). The number of alkyl halides is 1. The highest BCUT2D eigenvalue weighted by atomic mass is 35.5. The topological polar surface area (TPSA) is 29.3 Å². The number of fused-ring (bicyclic) bond motifs is 1. The number of aromatic nitrogens is 2. The normalized spacial score (nSPS) is 11.9. The summed E-state index contributed by atoms with van der Waals surface area (Å²) in [5.41, 5.74) is 1.13. The first-order valence-corrected chi connectivity index (χ1v) is 7.00. The van der Waals surface area contributed by atoms with E-state index in [9.17, 15) is 0 Å². The highest BCUT2D eigenvalue weighted by molar-refractivity contribution is 6.18. The maximum Gasteiger partial charge on any atom is 0.138 e. The minimum absolute atomic E-state index is 0.171. The van der Waals surface area contributed by atoms with E-state index in [4.69, 9.17) is 11.6 Å². The number of hydrogen-bond acceptors (Lipinski definition) is 2. The molecule has 2 aromatic rings. The Bertz CT molecular complexity index is 494. The Labute approximate surface area is 113 Å². The van der Waals surface area contributed by atoms with Gasteiger partial charge in [-0.05, 0) is 25.0 Å². The molecule has 0 fully saturated rings. The van der Waals surface area contributed by atoms with Crippen molar-refractivity contribution in [1.82, 2.24) is 9.38 Å². The van der Waals surface area contributed by atoms with Crippen molar-refractivity contribution in [2.45, 2.75) is 26.7 Å². The molecule has 2 aromatic heterocycles. The van der Waals surface area contributed by atoms with Crippen LogP contribution in [0.1, 0.15) is 26.7 Å². The lowest BCUT2D eigenvalue weighted by molar-refractivity contribution is 0.326. The maximum atomic E-state index is 6.13. The van der Waals surface area contributed by atoms with Crippen LogP contribution < -0.4 is 5.32 Å². The second-order valence-electron chi connectivity index (χ2n) is 4.76. The quantitative estimate of drug-likeness (QED) is 0.805. The van der Waals surface area contributed by atoms with Gasteiger partial charge in [0.05, 0.1) is 0 Å². The second kappa shape index (κ2) is 5.61. The Kier molecular flexibility index (Phi) is 4.12. The van der Waals surface area contributed by atoms with Gasteiger partial charge in [-0.1, -0.05) is 19.9 Å². The van der Waals surface area contributed by atoms with Crippen molar-refractivity contribution in [2.75, 3.05) is 17.7 Å². The third-order valence-corrected chi connectivity index (χ3v) is 4.42. The minimum atomic E-state index is 0.171. The number of halogens is 1. The van der Waals surface area contributed by atoms with Gasteiger partial charge in [-0.2, -0.15) is 0 Å². The highest BCUT2D eigenvalue weighted by Crippen LogP contribution is 2.28. The minimum Gasteiger partial charge on any atom is -0.371 e. The zero-order chi connectivity index (χ0) is 13.0. The van der Waals surface area contributed by atoms with Gasteiger partial charge in [-0.3, -0.25) is 4.40 Å². The molecule has 0 bridgehead atoms. The summed E-state index contributed by atoms with van der Waals surface area (Å²) in [7, 11) is 0. The van der Waals surface area contributed by atoms with Gasteiger partial charge < -0.3 is 5.32 Å². The Balaban J connectivity index is 2.17. The van der Waals surface area contributed by atoms with Crippen molar-refractivity contribution < 1.29 is 0 Å². The number of anilines is 1. The van der Waals surface area contributed by atoms with Crippen LogP contribution in [0.15, 0.2) is 30.6 Å². The lowest BCUT2D eigenvalue weighted by Gasteiger charge is -2.30. The van der Waals surface area contributed by atoms with Crippen molar-refractivity contribution in [3.8, 4) is 0 Å². The van der Waals surface area contributed by atoms with Crippen molar-refractivity contribution in [3.05, 3.63) is 30.6 Å². The van der Waals surface area contributed by atoms with Gasteiger partial charge >= 0.3 is 0 Å². The second-order valence-corrected chi connectivity index (χ2v) is 5.03. The fraction of sp³-hybridized carbons (Fsp3) is 0.500. The van der Waals surface area contributed by atoms with Crippen molar-refractivity contribution in [1.29, 1.82) is 0 Å². The molecular weight excluding hydrogens is 246 g/mol. The zero-order valence-corrected chi connectivity index (χ0v) is 11.7. The van der Waals surface area contributed by atoms with Crippen LogP contribution in [0.4, 0.5) is 5.82 Å². The highest BCUT2D eigenvalue weighted by Gasteiger charge is 2.24. The van der Waals surface area contributed by atoms with Gasteiger partial charge in [-0.15, -0.1) is 11.6 Å². The molecule has 18 heavy (non-hydrogen) atoms. The molecule has 2 heterocycles. The molecule has 0 aliphatic rings. The summed E-state index contributed by atoms with van der Waals surface area (Å²) in [5, 5.41) is 3.51. The Morgan fingerprint density at radius 1 is 1.33 bits per heavy atom. The van der Waals surface area contributed by atoms with Gasteiger partial charge in [0, 0.05) is 30.2 Å². The number of nitrogens with zero attached hydrogens (tertiary/aromatic N) is 2. The molecule has 98 valence electrons. The fourth-order valence-electron chi connectivity index (χ4n) is 2.11. The molecule has 0 saturated carbocycles. The first-order chi connectivity index (χ1) is 8.74. The number of hydrogen-bond donors (Lipinski definition) is 1. The lowest BCUT2D eigenvalue weighted by Crippen LogP contribution is -2.30. The summed E-state index contributed by atoms with van der Waals surface area (Å²) in [4.78, 5) is 4.28. The lowest BCUT2D eigenvalue weighted by atomic mass is 9.84. The molecule has 4 heteroatoms. The SMILES string of the molecule is CCC(CC)(CCl)CNc1cccc2nccn12. The molecule has 0 spiro atoms. The molecule has 1 N–H and O–H groups in total. The summed E-state index contributed by atoms with van der Waals surface area (Å²) in [6.07, 6.45) is 5.95. The van der Waals surface area contributed by atoms with Gasteiger partial charge in [0.25, 0.3) is 0 Å². The molecule has 0 aromatic carbocycles. The van der Waals surface area contributed by atoms with E-state index < -0.39 is 0 Å². The van der Waals surface area contributed by atoms with E-state index in [2.05, 4.69) is 34.6 Å². The maximum absolute atomic E-state index is 6.13. The third kappa shape index (κ3) is 2.46. The van der Waals surface area contributed by atoms with Crippen LogP contribution in [0.25, 0.3) is 5.65 Å². The molecule has 0 aliphatic carbocycles. The van der Waals surface area contributed by atoms with Crippen molar-refractivity contribution in [3.63, 3.8) is 0 Å². The van der Waals surface area contributed by atoms with E-state index in [1.165, 1.54) is 0 Å². The van der Waals surface area contributed by atoms with Gasteiger partial charge in [0.1, 0.15) is 11.5 Å². The van der Waals surface area contributed by atoms with E-state index in [1.54, 1.807) is 0 Å².